The zero-order valence-corrected chi connectivity index (χ0v) is 12.4. The predicted octanol–water partition coefficient (Wildman–Crippen LogP) is 3.56. The van der Waals surface area contributed by atoms with E-state index in [9.17, 15) is 10.1 Å². The van der Waals surface area contributed by atoms with Gasteiger partial charge in [-0.1, -0.05) is 23.2 Å². The summed E-state index contributed by atoms with van der Waals surface area (Å²) in [5, 5.41) is 18.4. The van der Waals surface area contributed by atoms with Crippen LogP contribution in [0.2, 0.25) is 10.0 Å². The van der Waals surface area contributed by atoms with E-state index in [0.29, 0.717) is 12.2 Å². The van der Waals surface area contributed by atoms with Crippen molar-refractivity contribution < 1.29 is 4.92 Å². The lowest BCUT2D eigenvalue weighted by Crippen LogP contribution is -2.02. The molecule has 0 aliphatic heterocycles. The Morgan fingerprint density at radius 3 is 2.45 bits per heavy atom. The van der Waals surface area contributed by atoms with Gasteiger partial charge in [-0.3, -0.25) is 14.8 Å². The molecule has 106 valence electrons. The first-order valence-corrected chi connectivity index (χ1v) is 6.50. The van der Waals surface area contributed by atoms with Crippen LogP contribution < -0.4 is 5.32 Å². The first-order valence-electron chi connectivity index (χ1n) is 5.75. The van der Waals surface area contributed by atoms with Gasteiger partial charge in [-0.05, 0) is 6.92 Å². The quantitative estimate of drug-likeness (QED) is 0.691. The third kappa shape index (κ3) is 3.02. The summed E-state index contributed by atoms with van der Waals surface area (Å²) in [6.45, 7) is 2.38. The average Bonchev–Trinajstić information content (AvgIpc) is 2.66. The number of nitrogens with zero attached hydrogens (tertiary/aromatic N) is 3. The van der Waals surface area contributed by atoms with Crippen molar-refractivity contribution in [1.29, 1.82) is 0 Å². The molecule has 6 nitrogen and oxygen atoms in total. The maximum atomic E-state index is 10.7. The van der Waals surface area contributed by atoms with E-state index in [4.69, 9.17) is 23.2 Å². The normalized spacial score (nSPS) is 10.6. The Balaban J connectivity index is 2.22. The summed E-state index contributed by atoms with van der Waals surface area (Å²) in [6.07, 6.45) is 1.88. The molecule has 0 aliphatic rings. The van der Waals surface area contributed by atoms with E-state index in [-0.39, 0.29) is 15.7 Å². The van der Waals surface area contributed by atoms with E-state index in [1.54, 1.807) is 4.68 Å². The van der Waals surface area contributed by atoms with Crippen LogP contribution in [0.3, 0.4) is 0 Å². The molecule has 8 heteroatoms. The van der Waals surface area contributed by atoms with Crippen LogP contribution >= 0.6 is 23.2 Å². The highest BCUT2D eigenvalue weighted by Gasteiger charge is 2.15. The van der Waals surface area contributed by atoms with Gasteiger partial charge in [0, 0.05) is 37.5 Å². The van der Waals surface area contributed by atoms with Crippen molar-refractivity contribution in [2.45, 2.75) is 13.5 Å². The second kappa shape index (κ2) is 5.68. The van der Waals surface area contributed by atoms with E-state index >= 15 is 0 Å². The fourth-order valence-corrected chi connectivity index (χ4v) is 2.45. The molecule has 2 aromatic rings. The third-order valence-corrected chi connectivity index (χ3v) is 3.40. The first kappa shape index (κ1) is 14.6. The van der Waals surface area contributed by atoms with Crippen molar-refractivity contribution in [1.82, 2.24) is 9.78 Å². The maximum absolute atomic E-state index is 10.7. The van der Waals surface area contributed by atoms with Crippen LogP contribution in [-0.4, -0.2) is 14.7 Å². The summed E-state index contributed by atoms with van der Waals surface area (Å²) in [5.41, 5.74) is 2.23. The fraction of sp³-hybridized carbons (Fsp3) is 0.250. The highest BCUT2D eigenvalue weighted by atomic mass is 35.5. The molecule has 20 heavy (non-hydrogen) atoms. The molecule has 1 heterocycles. The number of nitro groups is 1. The molecular weight excluding hydrogens is 303 g/mol. The highest BCUT2D eigenvalue weighted by Crippen LogP contribution is 2.34. The van der Waals surface area contributed by atoms with Crippen molar-refractivity contribution in [3.63, 3.8) is 0 Å². The van der Waals surface area contributed by atoms with Crippen LogP contribution in [-0.2, 0) is 13.6 Å². The number of nitro benzene ring substituents is 1. The molecule has 0 aliphatic carbocycles. The summed E-state index contributed by atoms with van der Waals surface area (Å²) in [4.78, 5) is 10.2. The van der Waals surface area contributed by atoms with Crippen molar-refractivity contribution in [3.05, 3.63) is 49.7 Å². The van der Waals surface area contributed by atoms with Crippen molar-refractivity contribution in [2.24, 2.45) is 7.05 Å². The number of aryl methyl sites for hydroxylation is 2. The minimum absolute atomic E-state index is 0.136. The van der Waals surface area contributed by atoms with Gasteiger partial charge in [0.25, 0.3) is 5.69 Å². The Hall–Kier alpha value is -1.79. The Morgan fingerprint density at radius 2 is 2.00 bits per heavy atom. The summed E-state index contributed by atoms with van der Waals surface area (Å²) >= 11 is 12.0. The number of halogens is 2. The van der Waals surface area contributed by atoms with Gasteiger partial charge >= 0.3 is 0 Å². The number of hydrogen-bond donors (Lipinski definition) is 1. The van der Waals surface area contributed by atoms with E-state index in [1.165, 1.54) is 12.1 Å². The average molecular weight is 315 g/mol. The molecule has 0 fully saturated rings. The zero-order chi connectivity index (χ0) is 14.9. The topological polar surface area (TPSA) is 73.0 Å². The summed E-state index contributed by atoms with van der Waals surface area (Å²) in [5.74, 6) is 0. The third-order valence-electron chi connectivity index (χ3n) is 2.81. The van der Waals surface area contributed by atoms with Crippen LogP contribution in [0.25, 0.3) is 0 Å². The van der Waals surface area contributed by atoms with E-state index in [2.05, 4.69) is 10.4 Å². The number of nitrogens with one attached hydrogen (secondary N) is 1. The number of anilines is 1. The van der Waals surface area contributed by atoms with Crippen molar-refractivity contribution in [3.8, 4) is 0 Å². The van der Waals surface area contributed by atoms with Crippen LogP contribution in [0.4, 0.5) is 11.4 Å². The zero-order valence-electron chi connectivity index (χ0n) is 10.9. The largest absolute Gasteiger partial charge is 0.378 e. The van der Waals surface area contributed by atoms with Gasteiger partial charge in [0.2, 0.25) is 0 Å². The first-order chi connectivity index (χ1) is 9.38. The lowest BCUT2D eigenvalue weighted by Gasteiger charge is -2.09. The molecule has 0 bridgehead atoms. The highest BCUT2D eigenvalue weighted by molar-refractivity contribution is 6.39. The Labute approximate surface area is 125 Å². The van der Waals surface area contributed by atoms with Gasteiger partial charge in [0.05, 0.1) is 26.3 Å². The van der Waals surface area contributed by atoms with Crippen molar-refractivity contribution >= 4 is 34.6 Å². The molecule has 0 unspecified atom stereocenters. The summed E-state index contributed by atoms with van der Waals surface area (Å²) < 4.78 is 1.71. The van der Waals surface area contributed by atoms with Crippen LogP contribution in [0.1, 0.15) is 11.3 Å². The fourth-order valence-electron chi connectivity index (χ4n) is 1.84. The number of non-ortho nitro benzene ring substituents is 1. The second-order valence-corrected chi connectivity index (χ2v) is 5.12. The number of rotatable bonds is 4. The smallest absolute Gasteiger partial charge is 0.272 e. The molecule has 1 N–H and O–H groups in total. The Morgan fingerprint density at radius 1 is 1.40 bits per heavy atom. The summed E-state index contributed by atoms with van der Waals surface area (Å²) in [7, 11) is 1.84. The van der Waals surface area contributed by atoms with Crippen LogP contribution in [0, 0.1) is 17.0 Å². The van der Waals surface area contributed by atoms with Gasteiger partial charge in [0.1, 0.15) is 0 Å². The molecule has 1 aromatic heterocycles. The molecule has 0 spiro atoms. The molecule has 0 saturated carbocycles. The van der Waals surface area contributed by atoms with E-state index in [1.807, 2.05) is 20.2 Å². The SMILES string of the molecule is Cc1nn(C)cc1CNc1c(Cl)cc([N+](=O)[O-])cc1Cl. The lowest BCUT2D eigenvalue weighted by atomic mass is 10.2. The Bertz CT molecular complexity index is 646. The summed E-state index contributed by atoms with van der Waals surface area (Å²) in [6, 6.07) is 2.54. The number of aromatic nitrogens is 2. The van der Waals surface area contributed by atoms with Crippen LogP contribution in [0.15, 0.2) is 18.3 Å². The molecule has 0 radical (unpaired) electrons. The maximum Gasteiger partial charge on any atom is 0.272 e. The van der Waals surface area contributed by atoms with Crippen molar-refractivity contribution in [2.75, 3.05) is 5.32 Å². The Kier molecular flexibility index (Phi) is 4.15. The number of benzene rings is 1. The molecule has 0 atom stereocenters. The van der Waals surface area contributed by atoms with Crippen LogP contribution in [0.5, 0.6) is 0 Å². The molecule has 0 saturated heterocycles. The minimum Gasteiger partial charge on any atom is -0.378 e. The monoisotopic (exact) mass is 314 g/mol. The van der Waals surface area contributed by atoms with Gasteiger partial charge in [-0.15, -0.1) is 0 Å². The number of hydrogen-bond acceptors (Lipinski definition) is 4. The lowest BCUT2D eigenvalue weighted by molar-refractivity contribution is -0.384. The van der Waals surface area contributed by atoms with Gasteiger partial charge in [0.15, 0.2) is 0 Å². The minimum atomic E-state index is -0.535. The predicted molar refractivity (Wildman–Crippen MR) is 78.4 cm³/mol. The molecule has 1 aromatic carbocycles. The molecular formula is C12H12Cl2N4O2. The van der Waals surface area contributed by atoms with Gasteiger partial charge in [-0.2, -0.15) is 5.10 Å². The van der Waals surface area contributed by atoms with E-state index in [0.717, 1.165) is 11.3 Å². The standard InChI is InChI=1S/C12H12Cl2N4O2/c1-7-8(6-17(2)16-7)5-15-12-10(13)3-9(18(19)20)4-11(12)14/h3-4,6,15H,5H2,1-2H3. The molecule has 0 amide bonds. The van der Waals surface area contributed by atoms with Gasteiger partial charge in [-0.25, -0.2) is 0 Å². The second-order valence-electron chi connectivity index (χ2n) is 4.31. The van der Waals surface area contributed by atoms with E-state index < -0.39 is 4.92 Å². The van der Waals surface area contributed by atoms with Gasteiger partial charge < -0.3 is 5.32 Å². The molecule has 2 rings (SSSR count).